The molecule has 0 bridgehead atoms. The van der Waals surface area contributed by atoms with Gasteiger partial charge in [-0.3, -0.25) is 0 Å². The van der Waals surface area contributed by atoms with Gasteiger partial charge in [-0.2, -0.15) is 0 Å². The second kappa shape index (κ2) is 7.99. The van der Waals surface area contributed by atoms with Crippen molar-refractivity contribution >= 4 is 34.5 Å². The number of aryl methyl sites for hydroxylation is 1. The zero-order valence-corrected chi connectivity index (χ0v) is 14.2. The van der Waals surface area contributed by atoms with E-state index in [-0.39, 0.29) is 11.8 Å². The van der Waals surface area contributed by atoms with Crippen LogP contribution in [0.1, 0.15) is 17.5 Å². The number of esters is 1. The molecule has 0 saturated carbocycles. The minimum Gasteiger partial charge on any atom is -0.463 e. The third-order valence-electron chi connectivity index (χ3n) is 3.85. The zero-order chi connectivity index (χ0) is 17.6. The maximum absolute atomic E-state index is 13.3. The SMILES string of the molecule is O=C(/C=C/c1ccc(Cl)cc1)OCCCc1c[nH]c2ccc(F)cc12. The molecule has 1 N–H and O–H groups in total. The van der Waals surface area contributed by atoms with Crippen molar-refractivity contribution in [2.24, 2.45) is 0 Å². The van der Waals surface area contributed by atoms with Gasteiger partial charge in [0.1, 0.15) is 5.82 Å². The van der Waals surface area contributed by atoms with Gasteiger partial charge in [0.05, 0.1) is 6.61 Å². The van der Waals surface area contributed by atoms with Crippen LogP contribution < -0.4 is 0 Å². The smallest absolute Gasteiger partial charge is 0.330 e. The van der Waals surface area contributed by atoms with Crippen molar-refractivity contribution in [1.82, 2.24) is 4.98 Å². The number of carbonyl (C=O) groups is 1. The van der Waals surface area contributed by atoms with E-state index in [1.165, 1.54) is 18.2 Å². The fraction of sp³-hybridized carbons (Fsp3) is 0.150. The summed E-state index contributed by atoms with van der Waals surface area (Å²) in [6.07, 6.45) is 6.32. The number of aromatic amines is 1. The number of aromatic nitrogens is 1. The predicted molar refractivity (Wildman–Crippen MR) is 98.0 cm³/mol. The molecular weight excluding hydrogens is 341 g/mol. The van der Waals surface area contributed by atoms with Gasteiger partial charge in [0.2, 0.25) is 0 Å². The Morgan fingerprint density at radius 3 is 2.80 bits per heavy atom. The molecular formula is C20H17ClFNO2. The van der Waals surface area contributed by atoms with Crippen molar-refractivity contribution in [3.05, 3.63) is 76.7 Å². The summed E-state index contributed by atoms with van der Waals surface area (Å²) in [7, 11) is 0. The fourth-order valence-electron chi connectivity index (χ4n) is 2.58. The van der Waals surface area contributed by atoms with Crippen LogP contribution in [0.2, 0.25) is 5.02 Å². The van der Waals surface area contributed by atoms with Crippen molar-refractivity contribution in [3.8, 4) is 0 Å². The Morgan fingerprint density at radius 1 is 1.20 bits per heavy atom. The Balaban J connectivity index is 1.46. The van der Waals surface area contributed by atoms with Crippen molar-refractivity contribution in [2.75, 3.05) is 6.61 Å². The molecule has 0 aliphatic heterocycles. The Kier molecular flexibility index (Phi) is 5.51. The number of fused-ring (bicyclic) bond motifs is 1. The van der Waals surface area contributed by atoms with Gasteiger partial charge in [0.25, 0.3) is 0 Å². The molecule has 0 radical (unpaired) electrons. The van der Waals surface area contributed by atoms with Gasteiger partial charge in [-0.15, -0.1) is 0 Å². The van der Waals surface area contributed by atoms with Gasteiger partial charge in [0, 0.05) is 28.2 Å². The lowest BCUT2D eigenvalue weighted by Crippen LogP contribution is -2.03. The van der Waals surface area contributed by atoms with E-state index in [0.29, 0.717) is 24.5 Å². The van der Waals surface area contributed by atoms with E-state index in [9.17, 15) is 9.18 Å². The molecule has 25 heavy (non-hydrogen) atoms. The van der Waals surface area contributed by atoms with Crippen molar-refractivity contribution in [1.29, 1.82) is 0 Å². The number of hydrogen-bond acceptors (Lipinski definition) is 2. The summed E-state index contributed by atoms with van der Waals surface area (Å²) < 4.78 is 18.5. The standard InChI is InChI=1S/C20H17ClFNO2/c21-16-6-3-14(4-7-16)5-10-20(24)25-11-1-2-15-13-23-19-9-8-17(22)12-18(15)19/h3-10,12-13,23H,1-2,11H2/b10-5+. The molecule has 5 heteroatoms. The average molecular weight is 358 g/mol. The number of rotatable bonds is 6. The maximum atomic E-state index is 13.3. The van der Waals surface area contributed by atoms with Gasteiger partial charge < -0.3 is 9.72 Å². The van der Waals surface area contributed by atoms with Gasteiger partial charge in [-0.25, -0.2) is 9.18 Å². The highest BCUT2D eigenvalue weighted by Gasteiger charge is 2.05. The molecule has 128 valence electrons. The monoisotopic (exact) mass is 357 g/mol. The highest BCUT2D eigenvalue weighted by atomic mass is 35.5. The van der Waals surface area contributed by atoms with Gasteiger partial charge in [-0.1, -0.05) is 23.7 Å². The number of benzene rings is 2. The van der Waals surface area contributed by atoms with Crippen molar-refractivity contribution < 1.29 is 13.9 Å². The fourth-order valence-corrected chi connectivity index (χ4v) is 2.71. The van der Waals surface area contributed by atoms with Crippen LogP contribution in [0.5, 0.6) is 0 Å². The molecule has 0 amide bonds. The lowest BCUT2D eigenvalue weighted by molar-refractivity contribution is -0.137. The number of ether oxygens (including phenoxy) is 1. The Hall–Kier alpha value is -2.59. The second-order valence-electron chi connectivity index (χ2n) is 5.66. The van der Waals surface area contributed by atoms with Crippen LogP contribution >= 0.6 is 11.6 Å². The molecule has 0 unspecified atom stereocenters. The summed E-state index contributed by atoms with van der Waals surface area (Å²) in [5.41, 5.74) is 2.80. The van der Waals surface area contributed by atoms with Crippen molar-refractivity contribution in [3.63, 3.8) is 0 Å². The molecule has 3 nitrogen and oxygen atoms in total. The Labute approximate surface area is 150 Å². The molecule has 1 heterocycles. The molecule has 0 fully saturated rings. The number of halogens is 2. The maximum Gasteiger partial charge on any atom is 0.330 e. The third kappa shape index (κ3) is 4.70. The quantitative estimate of drug-likeness (QED) is 0.376. The minimum absolute atomic E-state index is 0.257. The van der Waals surface area contributed by atoms with Crippen LogP contribution in [-0.2, 0) is 16.0 Å². The van der Waals surface area contributed by atoms with Crippen LogP contribution in [0, 0.1) is 5.82 Å². The summed E-state index contributed by atoms with van der Waals surface area (Å²) in [6, 6.07) is 11.8. The molecule has 3 rings (SSSR count). The summed E-state index contributed by atoms with van der Waals surface area (Å²) in [5, 5.41) is 1.52. The minimum atomic E-state index is -0.389. The average Bonchev–Trinajstić information content (AvgIpc) is 3.00. The molecule has 2 aromatic carbocycles. The summed E-state index contributed by atoms with van der Waals surface area (Å²) in [5.74, 6) is -0.646. The summed E-state index contributed by atoms with van der Waals surface area (Å²) in [4.78, 5) is 14.8. The van der Waals surface area contributed by atoms with Gasteiger partial charge in [0.15, 0.2) is 0 Å². The first kappa shape index (κ1) is 17.2. The summed E-state index contributed by atoms with van der Waals surface area (Å²) in [6.45, 7) is 0.311. The highest BCUT2D eigenvalue weighted by Crippen LogP contribution is 2.20. The van der Waals surface area contributed by atoms with Gasteiger partial charge >= 0.3 is 5.97 Å². The molecule has 0 spiro atoms. The van der Waals surface area contributed by atoms with Crippen molar-refractivity contribution in [2.45, 2.75) is 12.8 Å². The summed E-state index contributed by atoms with van der Waals surface area (Å²) >= 11 is 5.81. The van der Waals surface area contributed by atoms with E-state index in [1.807, 2.05) is 18.3 Å². The number of nitrogens with one attached hydrogen (secondary N) is 1. The van der Waals surface area contributed by atoms with E-state index >= 15 is 0 Å². The number of H-pyrrole nitrogens is 1. The van der Waals surface area contributed by atoms with E-state index in [4.69, 9.17) is 16.3 Å². The number of hydrogen-bond donors (Lipinski definition) is 1. The predicted octanol–water partition coefficient (Wildman–Crippen LogP) is 5.15. The number of carbonyl (C=O) groups excluding carboxylic acids is 1. The van der Waals surface area contributed by atoms with Crippen LogP contribution in [0.3, 0.4) is 0 Å². The molecule has 1 aromatic heterocycles. The molecule has 0 atom stereocenters. The van der Waals surface area contributed by atoms with Crippen LogP contribution in [0.25, 0.3) is 17.0 Å². The first-order valence-electron chi connectivity index (χ1n) is 7.98. The van der Waals surface area contributed by atoms with E-state index in [1.54, 1.807) is 24.3 Å². The molecule has 0 saturated heterocycles. The topological polar surface area (TPSA) is 42.1 Å². The molecule has 0 aliphatic carbocycles. The third-order valence-corrected chi connectivity index (χ3v) is 4.10. The lowest BCUT2D eigenvalue weighted by Gasteiger charge is -2.02. The Morgan fingerprint density at radius 2 is 2.00 bits per heavy atom. The van der Waals surface area contributed by atoms with Crippen LogP contribution in [0.4, 0.5) is 4.39 Å². The van der Waals surface area contributed by atoms with E-state index in [0.717, 1.165) is 22.0 Å². The highest BCUT2D eigenvalue weighted by molar-refractivity contribution is 6.30. The van der Waals surface area contributed by atoms with Crippen LogP contribution in [-0.4, -0.2) is 17.6 Å². The van der Waals surface area contributed by atoms with Crippen LogP contribution in [0.15, 0.2) is 54.7 Å². The first-order chi connectivity index (χ1) is 12.1. The first-order valence-corrected chi connectivity index (χ1v) is 8.35. The Bertz CT molecular complexity index is 900. The zero-order valence-electron chi connectivity index (χ0n) is 13.5. The van der Waals surface area contributed by atoms with Gasteiger partial charge in [-0.05, 0) is 60.4 Å². The second-order valence-corrected chi connectivity index (χ2v) is 6.10. The molecule has 3 aromatic rings. The van der Waals surface area contributed by atoms with E-state index in [2.05, 4.69) is 4.98 Å². The molecule has 0 aliphatic rings. The van der Waals surface area contributed by atoms with E-state index < -0.39 is 0 Å². The lowest BCUT2D eigenvalue weighted by atomic mass is 10.1. The normalized spacial score (nSPS) is 11.3. The largest absolute Gasteiger partial charge is 0.463 e.